The Labute approximate surface area is 216 Å². The molecule has 1 fully saturated rings. The van der Waals surface area contributed by atoms with Crippen LogP contribution in [0.2, 0.25) is 0 Å². The Bertz CT molecular complexity index is 893. The van der Waals surface area contributed by atoms with Crippen molar-refractivity contribution in [2.75, 3.05) is 6.61 Å². The summed E-state index contributed by atoms with van der Waals surface area (Å²) in [7, 11) is 0. The van der Waals surface area contributed by atoms with Crippen LogP contribution in [0.1, 0.15) is 43.9 Å². The van der Waals surface area contributed by atoms with Gasteiger partial charge in [-0.1, -0.05) is 112 Å². The van der Waals surface area contributed by atoms with Gasteiger partial charge >= 0.3 is 0 Å². The summed E-state index contributed by atoms with van der Waals surface area (Å²) < 4.78 is 25.6. The molecule has 3 aromatic rings. The van der Waals surface area contributed by atoms with Gasteiger partial charge in [0.25, 0.3) is 0 Å². The number of rotatable bonds is 11. The first-order valence-corrected chi connectivity index (χ1v) is 13.0. The second kappa shape index (κ2) is 15.5. The average Bonchev–Trinajstić information content (AvgIpc) is 2.96. The molecule has 0 aliphatic carbocycles. The van der Waals surface area contributed by atoms with Gasteiger partial charge in [-0.2, -0.15) is 0 Å². The van der Waals surface area contributed by atoms with E-state index in [1.807, 2.05) is 105 Å². The van der Waals surface area contributed by atoms with Gasteiger partial charge in [-0.25, -0.2) is 0 Å². The molecule has 1 aliphatic heterocycles. The molecule has 1 aliphatic rings. The van der Waals surface area contributed by atoms with Crippen LogP contribution in [0.5, 0.6) is 0 Å². The number of aliphatic hydroxyl groups is 1. The molecule has 3 aromatic carbocycles. The van der Waals surface area contributed by atoms with Crippen LogP contribution in [0.25, 0.3) is 0 Å². The van der Waals surface area contributed by atoms with Crippen molar-refractivity contribution in [3.63, 3.8) is 0 Å². The lowest BCUT2D eigenvalue weighted by atomic mass is 9.93. The SMILES string of the molecule is CC.CC[C@H]1O[C@@H](CO)C(OCc2ccccc2)C(OCc2ccccc2)C1OCc1ccccc1. The van der Waals surface area contributed by atoms with E-state index in [-0.39, 0.29) is 18.8 Å². The van der Waals surface area contributed by atoms with Gasteiger partial charge in [0.1, 0.15) is 24.4 Å². The van der Waals surface area contributed by atoms with Gasteiger partial charge in [-0.05, 0) is 23.1 Å². The molecule has 5 heteroatoms. The fraction of sp³-hybridized carbons (Fsp3) is 0.419. The highest BCUT2D eigenvalue weighted by molar-refractivity contribution is 5.15. The Kier molecular flexibility index (Phi) is 12.1. The molecule has 0 spiro atoms. The second-order valence-electron chi connectivity index (χ2n) is 8.59. The van der Waals surface area contributed by atoms with E-state index in [9.17, 15) is 5.11 Å². The van der Waals surface area contributed by atoms with Gasteiger partial charge < -0.3 is 24.1 Å². The molecular weight excluding hydrogens is 452 g/mol. The summed E-state index contributed by atoms with van der Waals surface area (Å²) in [5.74, 6) is 0. The maximum atomic E-state index is 10.2. The van der Waals surface area contributed by atoms with E-state index in [1.54, 1.807) is 0 Å². The zero-order valence-corrected chi connectivity index (χ0v) is 21.7. The minimum atomic E-state index is -0.494. The van der Waals surface area contributed by atoms with Crippen LogP contribution in [0.3, 0.4) is 0 Å². The lowest BCUT2D eigenvalue weighted by Crippen LogP contribution is -2.60. The topological polar surface area (TPSA) is 57.2 Å². The van der Waals surface area contributed by atoms with Crippen molar-refractivity contribution in [1.29, 1.82) is 0 Å². The van der Waals surface area contributed by atoms with Crippen LogP contribution >= 0.6 is 0 Å². The summed E-state index contributed by atoms with van der Waals surface area (Å²) in [5, 5.41) is 10.2. The minimum Gasteiger partial charge on any atom is -0.394 e. The third-order valence-electron chi connectivity index (χ3n) is 6.17. The minimum absolute atomic E-state index is 0.146. The van der Waals surface area contributed by atoms with E-state index < -0.39 is 18.3 Å². The summed E-state index contributed by atoms with van der Waals surface area (Å²) in [6.45, 7) is 7.20. The Morgan fingerprint density at radius 3 is 1.31 bits per heavy atom. The molecule has 5 nitrogen and oxygen atoms in total. The van der Waals surface area contributed by atoms with Gasteiger partial charge in [-0.3, -0.25) is 0 Å². The van der Waals surface area contributed by atoms with Crippen LogP contribution < -0.4 is 0 Å². The van der Waals surface area contributed by atoms with Crippen molar-refractivity contribution >= 4 is 0 Å². The third-order valence-corrected chi connectivity index (χ3v) is 6.17. The summed E-state index contributed by atoms with van der Waals surface area (Å²) >= 11 is 0. The Morgan fingerprint density at radius 1 is 0.583 bits per heavy atom. The Hall–Kier alpha value is -2.54. The largest absolute Gasteiger partial charge is 0.394 e. The van der Waals surface area contributed by atoms with Crippen molar-refractivity contribution in [3.8, 4) is 0 Å². The first-order valence-electron chi connectivity index (χ1n) is 13.0. The highest BCUT2D eigenvalue weighted by Gasteiger charge is 2.47. The van der Waals surface area contributed by atoms with Gasteiger partial charge in [0, 0.05) is 0 Å². The second-order valence-corrected chi connectivity index (χ2v) is 8.59. The fourth-order valence-corrected chi connectivity index (χ4v) is 4.36. The van der Waals surface area contributed by atoms with Crippen molar-refractivity contribution in [1.82, 2.24) is 0 Å². The maximum absolute atomic E-state index is 10.2. The third kappa shape index (κ3) is 7.99. The molecular formula is C31H40O5. The monoisotopic (exact) mass is 492 g/mol. The van der Waals surface area contributed by atoms with E-state index in [0.29, 0.717) is 19.8 Å². The highest BCUT2D eigenvalue weighted by atomic mass is 16.6. The summed E-state index contributed by atoms with van der Waals surface area (Å²) in [6, 6.07) is 30.2. The molecule has 0 bridgehead atoms. The number of hydrogen-bond donors (Lipinski definition) is 1. The van der Waals surface area contributed by atoms with Crippen molar-refractivity contribution in [2.24, 2.45) is 0 Å². The summed E-state index contributed by atoms with van der Waals surface area (Å²) in [6.07, 6.45) is -1.17. The zero-order valence-electron chi connectivity index (χ0n) is 21.7. The predicted octanol–water partition coefficient (Wildman–Crippen LogP) is 5.94. The maximum Gasteiger partial charge on any atom is 0.115 e. The lowest BCUT2D eigenvalue weighted by Gasteiger charge is -2.45. The normalized spacial score (nSPS) is 23.5. The van der Waals surface area contributed by atoms with Gasteiger partial charge in [0.15, 0.2) is 0 Å². The van der Waals surface area contributed by atoms with Crippen molar-refractivity contribution in [2.45, 2.75) is 77.5 Å². The average molecular weight is 493 g/mol. The number of hydrogen-bond acceptors (Lipinski definition) is 5. The van der Waals surface area contributed by atoms with E-state index in [2.05, 4.69) is 6.92 Å². The molecule has 1 N–H and O–H groups in total. The molecule has 3 unspecified atom stereocenters. The van der Waals surface area contributed by atoms with Crippen LogP contribution in [-0.2, 0) is 38.8 Å². The molecule has 4 rings (SSSR count). The number of aliphatic hydroxyl groups excluding tert-OH is 1. The molecule has 0 saturated carbocycles. The van der Waals surface area contributed by atoms with Crippen LogP contribution in [0, 0.1) is 0 Å². The van der Waals surface area contributed by atoms with Crippen molar-refractivity contribution < 1.29 is 24.1 Å². The van der Waals surface area contributed by atoms with Gasteiger partial charge in [-0.15, -0.1) is 0 Å². The molecule has 0 amide bonds. The standard InChI is InChI=1S/C29H34O5.C2H6/c1-2-25-27(31-19-22-12-6-3-7-13-22)29(33-21-24-16-10-5-11-17-24)28(26(18-30)34-25)32-20-23-14-8-4-9-15-23;1-2/h3-17,25-30H,2,18-21H2,1H3;1-2H3/t25-,26+,27?,28?,29?;/m1./s1. The van der Waals surface area contributed by atoms with E-state index >= 15 is 0 Å². The van der Waals surface area contributed by atoms with Crippen LogP contribution in [0.4, 0.5) is 0 Å². The molecule has 0 radical (unpaired) electrons. The molecule has 1 saturated heterocycles. The fourth-order valence-electron chi connectivity index (χ4n) is 4.36. The quantitative estimate of drug-likeness (QED) is 0.359. The summed E-state index contributed by atoms with van der Waals surface area (Å²) in [5.41, 5.74) is 3.22. The van der Waals surface area contributed by atoms with E-state index in [1.165, 1.54) is 0 Å². The van der Waals surface area contributed by atoms with E-state index in [0.717, 1.165) is 23.1 Å². The Morgan fingerprint density at radius 2 is 0.944 bits per heavy atom. The highest BCUT2D eigenvalue weighted by Crippen LogP contribution is 2.31. The first-order chi connectivity index (χ1) is 17.8. The first kappa shape index (κ1) is 28.0. The van der Waals surface area contributed by atoms with E-state index in [4.69, 9.17) is 18.9 Å². The molecule has 36 heavy (non-hydrogen) atoms. The number of benzene rings is 3. The van der Waals surface area contributed by atoms with Crippen LogP contribution in [-0.4, -0.2) is 42.2 Å². The molecule has 1 heterocycles. The van der Waals surface area contributed by atoms with Gasteiger partial charge in [0.05, 0.1) is 32.5 Å². The lowest BCUT2D eigenvalue weighted by molar-refractivity contribution is -0.270. The van der Waals surface area contributed by atoms with Crippen molar-refractivity contribution in [3.05, 3.63) is 108 Å². The molecule has 5 atom stereocenters. The van der Waals surface area contributed by atoms with Crippen LogP contribution in [0.15, 0.2) is 91.0 Å². The smallest absolute Gasteiger partial charge is 0.115 e. The number of ether oxygens (including phenoxy) is 4. The summed E-state index contributed by atoms with van der Waals surface area (Å²) in [4.78, 5) is 0. The Balaban J connectivity index is 0.00000176. The zero-order chi connectivity index (χ0) is 25.6. The molecule has 0 aromatic heterocycles. The predicted molar refractivity (Wildman–Crippen MR) is 142 cm³/mol. The van der Waals surface area contributed by atoms with Gasteiger partial charge in [0.2, 0.25) is 0 Å². The molecule has 194 valence electrons.